The molecule has 0 spiro atoms. The van der Waals surface area contributed by atoms with Crippen molar-refractivity contribution < 1.29 is 19.1 Å². The van der Waals surface area contributed by atoms with Crippen molar-refractivity contribution in [2.24, 2.45) is 0 Å². The van der Waals surface area contributed by atoms with E-state index in [0.29, 0.717) is 16.9 Å². The van der Waals surface area contributed by atoms with E-state index in [1.807, 2.05) is 0 Å². The van der Waals surface area contributed by atoms with E-state index < -0.39 is 5.97 Å². The number of phenols is 1. The molecule has 1 heterocycles. The Labute approximate surface area is 98.4 Å². The Balaban J connectivity index is 2.54. The molecule has 0 aliphatic heterocycles. The summed E-state index contributed by atoms with van der Waals surface area (Å²) in [5.41, 5.74) is 1.65. The van der Waals surface area contributed by atoms with E-state index in [4.69, 9.17) is 4.42 Å². The lowest BCUT2D eigenvalue weighted by atomic mass is 10.0. The van der Waals surface area contributed by atoms with Crippen LogP contribution in [0, 0.1) is 6.92 Å². The molecule has 88 valence electrons. The second-order valence-corrected chi connectivity index (χ2v) is 3.66. The minimum atomic E-state index is -0.477. The number of hydrogen-bond acceptors (Lipinski definition) is 4. The SMILES string of the molecule is COC(=O)c1cc(C)c(-c2ccco2)c(O)c1. The lowest BCUT2D eigenvalue weighted by Gasteiger charge is -2.08. The first-order valence-electron chi connectivity index (χ1n) is 5.09. The standard InChI is InChI=1S/C13H12O4/c1-8-6-9(13(15)16-2)7-10(14)12(8)11-4-3-5-17-11/h3-7,14H,1-2H3. The number of hydrogen-bond donors (Lipinski definition) is 1. The average molecular weight is 232 g/mol. The highest BCUT2D eigenvalue weighted by Gasteiger charge is 2.15. The Hall–Kier alpha value is -2.23. The van der Waals surface area contributed by atoms with Crippen LogP contribution in [0.5, 0.6) is 5.75 Å². The van der Waals surface area contributed by atoms with E-state index in [9.17, 15) is 9.90 Å². The van der Waals surface area contributed by atoms with E-state index in [1.54, 1.807) is 25.1 Å². The van der Waals surface area contributed by atoms with E-state index >= 15 is 0 Å². The fraction of sp³-hybridized carbons (Fsp3) is 0.154. The van der Waals surface area contributed by atoms with Crippen LogP contribution in [-0.4, -0.2) is 18.2 Å². The molecule has 1 aromatic heterocycles. The molecule has 0 atom stereocenters. The number of carbonyl (C=O) groups excluding carboxylic acids is 1. The van der Waals surface area contributed by atoms with Crippen molar-refractivity contribution >= 4 is 5.97 Å². The first kappa shape index (κ1) is 11.3. The summed E-state index contributed by atoms with van der Waals surface area (Å²) in [5, 5.41) is 9.92. The van der Waals surface area contributed by atoms with Crippen molar-refractivity contribution in [3.8, 4) is 17.1 Å². The van der Waals surface area contributed by atoms with Crippen LogP contribution in [0.2, 0.25) is 0 Å². The first-order valence-corrected chi connectivity index (χ1v) is 5.09. The van der Waals surface area contributed by atoms with Crippen molar-refractivity contribution in [3.05, 3.63) is 41.7 Å². The fourth-order valence-electron chi connectivity index (χ4n) is 1.75. The summed E-state index contributed by atoms with van der Waals surface area (Å²) in [6.45, 7) is 1.80. The van der Waals surface area contributed by atoms with Gasteiger partial charge in [-0.1, -0.05) is 0 Å². The van der Waals surface area contributed by atoms with E-state index in [-0.39, 0.29) is 5.75 Å². The van der Waals surface area contributed by atoms with Gasteiger partial charge in [-0.05, 0) is 36.8 Å². The third-order valence-electron chi connectivity index (χ3n) is 2.50. The minimum Gasteiger partial charge on any atom is -0.507 e. The van der Waals surface area contributed by atoms with Crippen LogP contribution in [0.15, 0.2) is 34.9 Å². The number of benzene rings is 1. The molecule has 0 unspecified atom stereocenters. The van der Waals surface area contributed by atoms with Gasteiger partial charge in [-0.2, -0.15) is 0 Å². The van der Waals surface area contributed by atoms with Crippen LogP contribution in [0.25, 0.3) is 11.3 Å². The number of methoxy groups -OCH3 is 1. The quantitative estimate of drug-likeness (QED) is 0.809. The molecule has 0 saturated carbocycles. The van der Waals surface area contributed by atoms with Gasteiger partial charge >= 0.3 is 5.97 Å². The maximum Gasteiger partial charge on any atom is 0.337 e. The summed E-state index contributed by atoms with van der Waals surface area (Å²) < 4.78 is 9.84. The van der Waals surface area contributed by atoms with Gasteiger partial charge in [0.25, 0.3) is 0 Å². The molecule has 0 amide bonds. The zero-order valence-corrected chi connectivity index (χ0v) is 9.56. The molecule has 0 fully saturated rings. The van der Waals surface area contributed by atoms with Crippen LogP contribution in [0.3, 0.4) is 0 Å². The molecule has 2 rings (SSSR count). The lowest BCUT2D eigenvalue weighted by molar-refractivity contribution is 0.0600. The van der Waals surface area contributed by atoms with Gasteiger partial charge < -0.3 is 14.3 Å². The van der Waals surface area contributed by atoms with Gasteiger partial charge in [0, 0.05) is 0 Å². The normalized spacial score (nSPS) is 10.2. The van der Waals surface area contributed by atoms with Crippen molar-refractivity contribution in [2.45, 2.75) is 6.92 Å². The Bertz CT molecular complexity index is 518. The molecule has 4 nitrogen and oxygen atoms in total. The molecule has 17 heavy (non-hydrogen) atoms. The van der Waals surface area contributed by atoms with Crippen LogP contribution in [-0.2, 0) is 4.74 Å². The summed E-state index contributed by atoms with van der Waals surface area (Å²) in [5.74, 6) is 0.0890. The Morgan fingerprint density at radius 1 is 1.41 bits per heavy atom. The zero-order valence-electron chi connectivity index (χ0n) is 9.56. The maximum atomic E-state index is 11.4. The summed E-state index contributed by atoms with van der Waals surface area (Å²) >= 11 is 0. The number of rotatable bonds is 2. The number of furan rings is 1. The van der Waals surface area contributed by atoms with E-state index in [0.717, 1.165) is 5.56 Å². The summed E-state index contributed by atoms with van der Waals surface area (Å²) in [6, 6.07) is 6.52. The van der Waals surface area contributed by atoms with Gasteiger partial charge in [0.15, 0.2) is 0 Å². The van der Waals surface area contributed by atoms with Crippen molar-refractivity contribution in [3.63, 3.8) is 0 Å². The first-order chi connectivity index (χ1) is 8.13. The highest BCUT2D eigenvalue weighted by Crippen LogP contribution is 2.33. The predicted molar refractivity (Wildman–Crippen MR) is 61.9 cm³/mol. The van der Waals surface area contributed by atoms with Gasteiger partial charge in [-0.15, -0.1) is 0 Å². The molecule has 0 radical (unpaired) electrons. The molecular formula is C13H12O4. The molecule has 1 N–H and O–H groups in total. The maximum absolute atomic E-state index is 11.4. The number of carbonyl (C=O) groups is 1. The summed E-state index contributed by atoms with van der Waals surface area (Å²) in [6.07, 6.45) is 1.53. The van der Waals surface area contributed by atoms with Crippen LogP contribution < -0.4 is 0 Å². The molecule has 0 saturated heterocycles. The predicted octanol–water partition coefficient (Wildman–Crippen LogP) is 2.75. The van der Waals surface area contributed by atoms with Gasteiger partial charge in [0.1, 0.15) is 11.5 Å². The minimum absolute atomic E-state index is 0.000324. The molecule has 0 bridgehead atoms. The lowest BCUT2D eigenvalue weighted by Crippen LogP contribution is -2.01. The summed E-state index contributed by atoms with van der Waals surface area (Å²) in [7, 11) is 1.30. The van der Waals surface area contributed by atoms with Gasteiger partial charge in [0.05, 0.1) is 24.5 Å². The largest absolute Gasteiger partial charge is 0.507 e. The third-order valence-corrected chi connectivity index (χ3v) is 2.50. The van der Waals surface area contributed by atoms with Crippen LogP contribution in [0.4, 0.5) is 0 Å². The van der Waals surface area contributed by atoms with E-state index in [1.165, 1.54) is 19.4 Å². The fourth-order valence-corrected chi connectivity index (χ4v) is 1.75. The Morgan fingerprint density at radius 2 is 2.18 bits per heavy atom. The van der Waals surface area contributed by atoms with Crippen LogP contribution in [0.1, 0.15) is 15.9 Å². The summed E-state index contributed by atoms with van der Waals surface area (Å²) in [4.78, 5) is 11.4. The topological polar surface area (TPSA) is 59.7 Å². The van der Waals surface area contributed by atoms with E-state index in [2.05, 4.69) is 4.74 Å². The number of aryl methyl sites for hydroxylation is 1. The van der Waals surface area contributed by atoms with Crippen molar-refractivity contribution in [1.29, 1.82) is 0 Å². The Morgan fingerprint density at radius 3 is 2.71 bits per heavy atom. The molecule has 2 aromatic rings. The Kier molecular flexibility index (Phi) is 2.87. The third kappa shape index (κ3) is 2.01. The average Bonchev–Trinajstić information content (AvgIpc) is 2.80. The number of aromatic hydroxyl groups is 1. The number of esters is 1. The smallest absolute Gasteiger partial charge is 0.337 e. The van der Waals surface area contributed by atoms with Gasteiger partial charge in [-0.3, -0.25) is 0 Å². The van der Waals surface area contributed by atoms with Crippen molar-refractivity contribution in [2.75, 3.05) is 7.11 Å². The van der Waals surface area contributed by atoms with Gasteiger partial charge in [0.2, 0.25) is 0 Å². The molecule has 0 aliphatic rings. The molecule has 4 heteroatoms. The second kappa shape index (κ2) is 4.33. The van der Waals surface area contributed by atoms with Crippen LogP contribution >= 0.6 is 0 Å². The van der Waals surface area contributed by atoms with Gasteiger partial charge in [-0.25, -0.2) is 4.79 Å². The molecule has 0 aliphatic carbocycles. The number of ether oxygens (including phenoxy) is 1. The molecule has 1 aromatic carbocycles. The number of phenolic OH excluding ortho intramolecular Hbond substituents is 1. The highest BCUT2D eigenvalue weighted by molar-refractivity contribution is 5.91. The second-order valence-electron chi connectivity index (χ2n) is 3.66. The zero-order chi connectivity index (χ0) is 12.4. The molecular weight excluding hydrogens is 220 g/mol. The monoisotopic (exact) mass is 232 g/mol. The highest BCUT2D eigenvalue weighted by atomic mass is 16.5. The van der Waals surface area contributed by atoms with Crippen molar-refractivity contribution in [1.82, 2.24) is 0 Å².